The zero-order valence-electron chi connectivity index (χ0n) is 8.95. The lowest BCUT2D eigenvalue weighted by molar-refractivity contribution is 0.269. The van der Waals surface area contributed by atoms with Gasteiger partial charge < -0.3 is 4.98 Å². The molecule has 2 N–H and O–H groups in total. The van der Waals surface area contributed by atoms with Crippen LogP contribution in [-0.2, 0) is 0 Å². The molecule has 0 atom stereocenters. The molecule has 0 spiro atoms. The van der Waals surface area contributed by atoms with Gasteiger partial charge in [0.1, 0.15) is 5.03 Å². The molecule has 0 aliphatic rings. The van der Waals surface area contributed by atoms with Crippen molar-refractivity contribution in [3.8, 4) is 0 Å². The predicted octanol–water partition coefficient (Wildman–Crippen LogP) is 2.74. The molecular formula is C10H7N5OS2. The molecule has 0 unspecified atom stereocenters. The van der Waals surface area contributed by atoms with Crippen LogP contribution in [0.5, 0.6) is 0 Å². The molecule has 0 aliphatic heterocycles. The van der Waals surface area contributed by atoms with Crippen LogP contribution in [0.25, 0.3) is 11.0 Å². The summed E-state index contributed by atoms with van der Waals surface area (Å²) in [5.74, 6) is 0.428. The maximum Gasteiger partial charge on any atom is 0.292 e. The Morgan fingerprint density at radius 2 is 2.28 bits per heavy atom. The van der Waals surface area contributed by atoms with E-state index in [9.17, 15) is 4.79 Å². The number of anilines is 1. The summed E-state index contributed by atoms with van der Waals surface area (Å²) in [6, 6.07) is 7.57. The molecule has 0 bridgehead atoms. The zero-order chi connectivity index (χ0) is 12.4. The average molecular weight is 277 g/mol. The van der Waals surface area contributed by atoms with Crippen molar-refractivity contribution in [1.82, 2.24) is 18.7 Å². The van der Waals surface area contributed by atoms with Gasteiger partial charge >= 0.3 is 0 Å². The van der Waals surface area contributed by atoms with Gasteiger partial charge in [-0.25, -0.2) is 4.98 Å². The number of aromatic amines is 1. The van der Waals surface area contributed by atoms with Crippen LogP contribution in [0.15, 0.2) is 35.5 Å². The topological polar surface area (TPSA) is 83.6 Å². The molecule has 3 aromatic rings. The van der Waals surface area contributed by atoms with E-state index in [1.165, 1.54) is 0 Å². The normalized spacial score (nSPS) is 10.7. The third-order valence-electron chi connectivity index (χ3n) is 2.15. The molecule has 1 aromatic carbocycles. The fraction of sp³-hybridized carbons (Fsp3) is 0. The molecule has 0 saturated heterocycles. The molecule has 6 nitrogen and oxygen atoms in total. The number of hydrogen-bond donors (Lipinski definition) is 2. The number of imidazole rings is 1. The first-order valence-corrected chi connectivity index (χ1v) is 6.57. The van der Waals surface area contributed by atoms with Crippen molar-refractivity contribution in [2.75, 3.05) is 5.32 Å². The number of thioether (sulfide) groups is 1. The Bertz CT molecular complexity index is 645. The predicted molar refractivity (Wildman–Crippen MR) is 70.9 cm³/mol. The van der Waals surface area contributed by atoms with Crippen LogP contribution >= 0.6 is 23.5 Å². The van der Waals surface area contributed by atoms with Crippen LogP contribution in [0.1, 0.15) is 0 Å². The van der Waals surface area contributed by atoms with Gasteiger partial charge in [0.2, 0.25) is 5.95 Å². The summed E-state index contributed by atoms with van der Waals surface area (Å²) in [6.07, 6.45) is 1.55. The highest BCUT2D eigenvalue weighted by Gasteiger charge is 2.09. The lowest BCUT2D eigenvalue weighted by Crippen LogP contribution is -2.05. The number of aromatic nitrogens is 4. The van der Waals surface area contributed by atoms with Gasteiger partial charge in [-0.2, -0.15) is 8.75 Å². The standard InChI is InChI=1S/C10H7N5OS2/c16-10(17-8-5-11-18-15-8)14-9-12-6-3-1-2-4-7(6)13-9/h1-5H,(H2,12,13,14,16). The van der Waals surface area contributed by atoms with Crippen LogP contribution in [0.3, 0.4) is 0 Å². The number of amides is 1. The molecular weight excluding hydrogens is 270 g/mol. The summed E-state index contributed by atoms with van der Waals surface area (Å²) in [4.78, 5) is 18.9. The van der Waals surface area contributed by atoms with E-state index in [2.05, 4.69) is 24.0 Å². The van der Waals surface area contributed by atoms with E-state index in [0.29, 0.717) is 11.0 Å². The Balaban J connectivity index is 1.74. The van der Waals surface area contributed by atoms with Gasteiger partial charge in [0.05, 0.1) is 29.0 Å². The van der Waals surface area contributed by atoms with E-state index in [1.54, 1.807) is 6.20 Å². The Morgan fingerprint density at radius 3 is 3.06 bits per heavy atom. The number of fused-ring (bicyclic) bond motifs is 1. The third kappa shape index (κ3) is 2.34. The SMILES string of the molecule is O=C(Nc1nc2ccccc2[nH]1)Sc1cnsn1. The summed E-state index contributed by atoms with van der Waals surface area (Å²) < 4.78 is 7.77. The summed E-state index contributed by atoms with van der Waals surface area (Å²) in [5.41, 5.74) is 1.70. The number of rotatable bonds is 2. The van der Waals surface area contributed by atoms with Gasteiger partial charge in [0.15, 0.2) is 0 Å². The Kier molecular flexibility index (Phi) is 2.95. The highest BCUT2D eigenvalue weighted by atomic mass is 32.2. The van der Waals surface area contributed by atoms with E-state index in [1.807, 2.05) is 24.3 Å². The third-order valence-corrected chi connectivity index (χ3v) is 3.44. The second-order valence-electron chi connectivity index (χ2n) is 3.36. The molecule has 0 aliphatic carbocycles. The van der Waals surface area contributed by atoms with Crippen molar-refractivity contribution < 1.29 is 4.79 Å². The van der Waals surface area contributed by atoms with Crippen molar-refractivity contribution in [1.29, 1.82) is 0 Å². The number of carbonyl (C=O) groups is 1. The van der Waals surface area contributed by atoms with Crippen LogP contribution in [-0.4, -0.2) is 24.0 Å². The first-order chi connectivity index (χ1) is 8.81. The van der Waals surface area contributed by atoms with Crippen LogP contribution in [0.4, 0.5) is 10.7 Å². The largest absolute Gasteiger partial charge is 0.324 e. The van der Waals surface area contributed by atoms with Gasteiger partial charge in [-0.1, -0.05) is 12.1 Å². The fourth-order valence-corrected chi connectivity index (χ4v) is 2.51. The van der Waals surface area contributed by atoms with Crippen molar-refractivity contribution in [3.05, 3.63) is 30.5 Å². The van der Waals surface area contributed by atoms with Gasteiger partial charge in [-0.05, 0) is 23.9 Å². The highest BCUT2D eigenvalue weighted by Crippen LogP contribution is 2.19. The lowest BCUT2D eigenvalue weighted by atomic mass is 10.3. The molecule has 18 heavy (non-hydrogen) atoms. The molecule has 2 heterocycles. The number of nitrogens with zero attached hydrogens (tertiary/aromatic N) is 3. The molecule has 1 amide bonds. The maximum absolute atomic E-state index is 11.7. The molecule has 3 rings (SSSR count). The monoisotopic (exact) mass is 277 g/mol. The van der Waals surface area contributed by atoms with Crippen molar-refractivity contribution >= 4 is 45.7 Å². The maximum atomic E-state index is 11.7. The van der Waals surface area contributed by atoms with E-state index in [0.717, 1.165) is 34.5 Å². The molecule has 0 saturated carbocycles. The number of nitrogens with one attached hydrogen (secondary N) is 2. The first-order valence-electron chi connectivity index (χ1n) is 5.02. The summed E-state index contributed by atoms with van der Waals surface area (Å²) in [6.45, 7) is 0. The summed E-state index contributed by atoms with van der Waals surface area (Å²) in [5, 5.41) is 2.99. The fourth-order valence-electron chi connectivity index (χ4n) is 1.43. The Hall–Kier alpha value is -1.93. The van der Waals surface area contributed by atoms with Crippen molar-refractivity contribution in [2.45, 2.75) is 5.03 Å². The first kappa shape index (κ1) is 11.2. The summed E-state index contributed by atoms with van der Waals surface area (Å²) in [7, 11) is 0. The lowest BCUT2D eigenvalue weighted by Gasteiger charge is -1.97. The van der Waals surface area contributed by atoms with Crippen molar-refractivity contribution in [2.24, 2.45) is 0 Å². The Labute approximate surface area is 110 Å². The van der Waals surface area contributed by atoms with Gasteiger partial charge in [0, 0.05) is 0 Å². The quantitative estimate of drug-likeness (QED) is 0.704. The van der Waals surface area contributed by atoms with Gasteiger partial charge in [-0.15, -0.1) is 0 Å². The van der Waals surface area contributed by atoms with Crippen LogP contribution in [0, 0.1) is 0 Å². The van der Waals surface area contributed by atoms with Crippen molar-refractivity contribution in [3.63, 3.8) is 0 Å². The smallest absolute Gasteiger partial charge is 0.292 e. The van der Waals surface area contributed by atoms with E-state index < -0.39 is 0 Å². The van der Waals surface area contributed by atoms with Gasteiger partial charge in [0.25, 0.3) is 5.24 Å². The molecule has 90 valence electrons. The second kappa shape index (κ2) is 4.75. The number of carbonyl (C=O) groups excluding carboxylic acids is 1. The number of benzene rings is 1. The van der Waals surface area contributed by atoms with E-state index in [-0.39, 0.29) is 5.24 Å². The second-order valence-corrected chi connectivity index (χ2v) is 4.91. The number of para-hydroxylation sites is 2. The number of H-pyrrole nitrogens is 1. The zero-order valence-corrected chi connectivity index (χ0v) is 10.6. The summed E-state index contributed by atoms with van der Waals surface area (Å²) >= 11 is 2.05. The number of hydrogen-bond acceptors (Lipinski definition) is 6. The van der Waals surface area contributed by atoms with Gasteiger partial charge in [-0.3, -0.25) is 10.1 Å². The van der Waals surface area contributed by atoms with Crippen LogP contribution < -0.4 is 5.32 Å². The molecule has 0 fully saturated rings. The molecule has 0 radical (unpaired) electrons. The molecule has 8 heteroatoms. The average Bonchev–Trinajstić information content (AvgIpc) is 2.96. The van der Waals surface area contributed by atoms with Crippen LogP contribution in [0.2, 0.25) is 0 Å². The van der Waals surface area contributed by atoms with E-state index in [4.69, 9.17) is 0 Å². The van der Waals surface area contributed by atoms with E-state index >= 15 is 0 Å². The highest BCUT2D eigenvalue weighted by molar-refractivity contribution is 8.13. The minimum atomic E-state index is -0.248. The minimum absolute atomic E-state index is 0.248. The Morgan fingerprint density at radius 1 is 1.39 bits per heavy atom. The minimum Gasteiger partial charge on any atom is -0.324 e. The molecule has 2 aromatic heterocycles.